The molecular formula is C24H17F4N7O2S2. The third kappa shape index (κ3) is 6.06. The smallest absolute Gasteiger partial charge is 0.416 e. The van der Waals surface area contributed by atoms with Gasteiger partial charge < -0.3 is 9.73 Å². The van der Waals surface area contributed by atoms with E-state index in [1.807, 2.05) is 6.07 Å². The molecule has 39 heavy (non-hydrogen) atoms. The first-order valence-corrected chi connectivity index (χ1v) is 12.8. The highest BCUT2D eigenvalue weighted by molar-refractivity contribution is 7.95. The van der Waals surface area contributed by atoms with Gasteiger partial charge in [-0.15, -0.1) is 21.5 Å². The topological polar surface area (TPSA) is 132 Å². The standard InChI is InChI=1S/C24H17F4N7O2S2/c25-18-8-4-14(10-30-18)13-3-7-16-17(9-13)38-23(32-16)20(22-35-34-19(37-22)11-31-39-29)33-21(36)12-1-5-15(6-2-12)24(26,27)28/h1-10,20,31H,11,29H2,(H,33,36). The highest BCUT2D eigenvalue weighted by atomic mass is 32.2. The van der Waals surface area contributed by atoms with E-state index < -0.39 is 29.6 Å². The molecule has 4 N–H and O–H groups in total. The van der Waals surface area contributed by atoms with Crippen LogP contribution in [0.25, 0.3) is 21.3 Å². The lowest BCUT2D eigenvalue weighted by Crippen LogP contribution is -2.29. The van der Waals surface area contributed by atoms with Crippen molar-refractivity contribution in [2.24, 2.45) is 5.14 Å². The number of alkyl halides is 3. The molecular weight excluding hydrogens is 558 g/mol. The predicted octanol–water partition coefficient (Wildman–Crippen LogP) is 5.03. The van der Waals surface area contributed by atoms with E-state index in [0.29, 0.717) is 16.1 Å². The number of halogens is 4. The number of pyridine rings is 1. The summed E-state index contributed by atoms with van der Waals surface area (Å²) in [6.45, 7) is 0.155. The average molecular weight is 576 g/mol. The van der Waals surface area contributed by atoms with Crippen molar-refractivity contribution < 1.29 is 26.8 Å². The molecule has 1 atom stereocenters. The van der Waals surface area contributed by atoms with E-state index in [9.17, 15) is 22.4 Å². The monoisotopic (exact) mass is 575 g/mol. The van der Waals surface area contributed by atoms with Crippen LogP contribution >= 0.6 is 23.5 Å². The minimum atomic E-state index is -4.53. The van der Waals surface area contributed by atoms with Crippen molar-refractivity contribution in [2.75, 3.05) is 0 Å². The second-order valence-corrected chi connectivity index (χ2v) is 9.65. The summed E-state index contributed by atoms with van der Waals surface area (Å²) >= 11 is 2.11. The van der Waals surface area contributed by atoms with E-state index >= 15 is 0 Å². The molecule has 1 amide bonds. The minimum absolute atomic E-state index is 0.00106. The Kier molecular flexibility index (Phi) is 7.56. The molecule has 1 unspecified atom stereocenters. The highest BCUT2D eigenvalue weighted by Gasteiger charge is 2.31. The van der Waals surface area contributed by atoms with Gasteiger partial charge in [0.2, 0.25) is 17.7 Å². The molecule has 5 rings (SSSR count). The second kappa shape index (κ2) is 11.1. The van der Waals surface area contributed by atoms with Crippen LogP contribution in [0.3, 0.4) is 0 Å². The Bertz CT molecular complexity index is 1610. The van der Waals surface area contributed by atoms with Crippen molar-refractivity contribution in [1.29, 1.82) is 0 Å². The van der Waals surface area contributed by atoms with Gasteiger partial charge >= 0.3 is 6.18 Å². The van der Waals surface area contributed by atoms with E-state index in [4.69, 9.17) is 9.56 Å². The Hall–Kier alpha value is -3.92. The van der Waals surface area contributed by atoms with Crippen LogP contribution in [0.2, 0.25) is 0 Å². The summed E-state index contributed by atoms with van der Waals surface area (Å²) < 4.78 is 61.3. The first-order valence-electron chi connectivity index (χ1n) is 11.1. The molecule has 3 aromatic heterocycles. The lowest BCUT2D eigenvalue weighted by molar-refractivity contribution is -0.137. The molecule has 0 aliphatic rings. The predicted molar refractivity (Wildman–Crippen MR) is 136 cm³/mol. The van der Waals surface area contributed by atoms with Crippen LogP contribution in [0.15, 0.2) is 65.2 Å². The van der Waals surface area contributed by atoms with E-state index in [2.05, 4.69) is 30.2 Å². The zero-order valence-electron chi connectivity index (χ0n) is 19.6. The second-order valence-electron chi connectivity index (χ2n) is 8.06. The molecule has 0 saturated carbocycles. The lowest BCUT2D eigenvalue weighted by atomic mass is 10.1. The van der Waals surface area contributed by atoms with E-state index in [1.54, 1.807) is 18.2 Å². The number of hydrogen-bond donors (Lipinski definition) is 3. The Morgan fingerprint density at radius 2 is 1.85 bits per heavy atom. The van der Waals surface area contributed by atoms with Crippen molar-refractivity contribution in [2.45, 2.75) is 18.8 Å². The van der Waals surface area contributed by atoms with E-state index in [1.165, 1.54) is 23.6 Å². The van der Waals surface area contributed by atoms with Crippen LogP contribution < -0.4 is 15.2 Å². The Balaban J connectivity index is 1.48. The molecule has 2 aromatic carbocycles. The fraction of sp³-hybridized carbons (Fsp3) is 0.125. The molecule has 15 heteroatoms. The fourth-order valence-electron chi connectivity index (χ4n) is 3.60. The maximum Gasteiger partial charge on any atom is 0.416 e. The molecule has 5 aromatic rings. The van der Waals surface area contributed by atoms with Gasteiger partial charge in [-0.1, -0.05) is 6.07 Å². The summed E-state index contributed by atoms with van der Waals surface area (Å²) in [6, 6.07) is 11.1. The number of nitrogens with two attached hydrogens (primary N) is 1. The number of thiazole rings is 1. The lowest BCUT2D eigenvalue weighted by Gasteiger charge is -2.13. The van der Waals surface area contributed by atoms with Gasteiger partial charge in [-0.05, 0) is 54.1 Å². The van der Waals surface area contributed by atoms with Gasteiger partial charge in [0.05, 0.1) is 22.3 Å². The number of rotatable bonds is 8. The summed E-state index contributed by atoms with van der Waals surface area (Å²) in [7, 11) is 0. The van der Waals surface area contributed by atoms with Crippen LogP contribution in [0.1, 0.15) is 38.8 Å². The molecule has 0 fully saturated rings. The van der Waals surface area contributed by atoms with Gasteiger partial charge in [-0.3, -0.25) is 9.93 Å². The number of nitrogens with zero attached hydrogens (tertiary/aromatic N) is 4. The van der Waals surface area contributed by atoms with Gasteiger partial charge in [0, 0.05) is 29.5 Å². The normalized spacial score (nSPS) is 12.5. The van der Waals surface area contributed by atoms with Gasteiger partial charge in [0.25, 0.3) is 5.91 Å². The molecule has 0 radical (unpaired) electrons. The van der Waals surface area contributed by atoms with Crippen molar-refractivity contribution in [1.82, 2.24) is 30.2 Å². The van der Waals surface area contributed by atoms with Crippen molar-refractivity contribution in [3.05, 3.63) is 94.7 Å². The van der Waals surface area contributed by atoms with Crippen LogP contribution in [0.5, 0.6) is 0 Å². The Morgan fingerprint density at radius 3 is 2.54 bits per heavy atom. The SMILES string of the molecule is NSNCc1nnc(C(NC(=O)c2ccc(C(F)(F)F)cc2)c2nc3ccc(-c4ccc(F)nc4)cc3s2)o1. The van der Waals surface area contributed by atoms with Crippen LogP contribution in [0, 0.1) is 5.95 Å². The number of fused-ring (bicyclic) bond motifs is 1. The van der Waals surface area contributed by atoms with Gasteiger partial charge in [-0.25, -0.2) is 14.7 Å². The average Bonchev–Trinajstić information content (AvgIpc) is 3.57. The molecule has 0 bridgehead atoms. The molecule has 200 valence electrons. The Morgan fingerprint density at radius 1 is 1.08 bits per heavy atom. The van der Waals surface area contributed by atoms with Gasteiger partial charge in [0.15, 0.2) is 6.04 Å². The number of nitrogens with one attached hydrogen (secondary N) is 2. The van der Waals surface area contributed by atoms with E-state index in [0.717, 1.165) is 46.7 Å². The zero-order chi connectivity index (χ0) is 27.6. The molecule has 0 aliphatic heterocycles. The summed E-state index contributed by atoms with van der Waals surface area (Å²) in [5.74, 6) is -1.04. The Labute approximate surface area is 226 Å². The quantitative estimate of drug-likeness (QED) is 0.132. The van der Waals surface area contributed by atoms with Crippen molar-refractivity contribution in [3.8, 4) is 11.1 Å². The molecule has 9 nitrogen and oxygen atoms in total. The summed E-state index contributed by atoms with van der Waals surface area (Å²) in [6.07, 6.45) is -3.11. The summed E-state index contributed by atoms with van der Waals surface area (Å²) in [4.78, 5) is 21.3. The minimum Gasteiger partial charge on any atom is -0.421 e. The van der Waals surface area contributed by atoms with Crippen molar-refractivity contribution >= 4 is 39.6 Å². The number of benzene rings is 2. The number of carbonyl (C=O) groups is 1. The van der Waals surface area contributed by atoms with Crippen LogP contribution in [-0.2, 0) is 12.7 Å². The number of hydrogen-bond acceptors (Lipinski definition) is 10. The summed E-state index contributed by atoms with van der Waals surface area (Å²) in [5.41, 5.74) is 1.22. The first-order chi connectivity index (χ1) is 18.7. The third-order valence-corrected chi connectivity index (χ3v) is 6.89. The van der Waals surface area contributed by atoms with Crippen LogP contribution in [-0.4, -0.2) is 26.1 Å². The first kappa shape index (κ1) is 26.7. The molecule has 0 saturated heterocycles. The molecule has 3 heterocycles. The van der Waals surface area contributed by atoms with Gasteiger partial charge in [-0.2, -0.15) is 17.6 Å². The van der Waals surface area contributed by atoms with E-state index in [-0.39, 0.29) is 23.9 Å². The molecule has 0 spiro atoms. The largest absolute Gasteiger partial charge is 0.421 e. The highest BCUT2D eigenvalue weighted by Crippen LogP contribution is 2.33. The van der Waals surface area contributed by atoms with Gasteiger partial charge in [0.1, 0.15) is 5.01 Å². The number of carbonyl (C=O) groups excluding carboxylic acids is 1. The third-order valence-electron chi connectivity index (χ3n) is 5.50. The van der Waals surface area contributed by atoms with Crippen molar-refractivity contribution in [3.63, 3.8) is 0 Å². The zero-order valence-corrected chi connectivity index (χ0v) is 21.2. The summed E-state index contributed by atoms with van der Waals surface area (Å²) in [5, 5.41) is 16.5. The maximum atomic E-state index is 13.2. The number of amides is 1. The number of aromatic nitrogens is 4. The maximum absolute atomic E-state index is 13.2. The fourth-order valence-corrected chi connectivity index (χ4v) is 4.86. The molecule has 0 aliphatic carbocycles. The van der Waals surface area contributed by atoms with Crippen LogP contribution in [0.4, 0.5) is 17.6 Å².